The fraction of sp³-hybridized carbons (Fsp3) is 0.414. The summed E-state index contributed by atoms with van der Waals surface area (Å²) in [5.41, 5.74) is 3.33. The summed E-state index contributed by atoms with van der Waals surface area (Å²) in [5, 5.41) is 5.83. The van der Waals surface area contributed by atoms with E-state index in [1.54, 1.807) is 30.3 Å². The quantitative estimate of drug-likeness (QED) is 0.218. The van der Waals surface area contributed by atoms with Crippen LogP contribution in [-0.4, -0.2) is 48.9 Å². The van der Waals surface area contributed by atoms with Crippen molar-refractivity contribution in [3.63, 3.8) is 0 Å². The summed E-state index contributed by atoms with van der Waals surface area (Å²) in [6.45, 7) is 1.93. The number of hydrogen-bond donors (Lipinski definition) is 1. The lowest BCUT2D eigenvalue weighted by Gasteiger charge is -2.31. The van der Waals surface area contributed by atoms with Gasteiger partial charge in [0.15, 0.2) is 5.13 Å². The number of rotatable bonds is 9. The maximum atomic E-state index is 12.6. The lowest BCUT2D eigenvalue weighted by atomic mass is 10.0. The van der Waals surface area contributed by atoms with E-state index in [0.29, 0.717) is 52.2 Å². The van der Waals surface area contributed by atoms with Crippen molar-refractivity contribution in [2.45, 2.75) is 62.4 Å². The van der Waals surface area contributed by atoms with Crippen molar-refractivity contribution in [3.05, 3.63) is 63.3 Å². The highest BCUT2D eigenvalue weighted by Gasteiger charge is 2.37. The summed E-state index contributed by atoms with van der Waals surface area (Å²) in [5.74, 6) is 0.626. The molecule has 2 aromatic carbocycles. The van der Waals surface area contributed by atoms with Gasteiger partial charge in [-0.1, -0.05) is 45.8 Å². The van der Waals surface area contributed by atoms with Crippen molar-refractivity contribution in [1.29, 1.82) is 0 Å². The van der Waals surface area contributed by atoms with E-state index in [4.69, 9.17) is 37.4 Å². The Balaban J connectivity index is 1.00. The molecule has 2 aromatic heterocycles. The van der Waals surface area contributed by atoms with Crippen molar-refractivity contribution in [1.82, 2.24) is 14.9 Å². The van der Waals surface area contributed by atoms with Crippen LogP contribution in [0.25, 0.3) is 21.5 Å². The van der Waals surface area contributed by atoms with Crippen LogP contribution >= 0.6 is 34.5 Å². The summed E-state index contributed by atoms with van der Waals surface area (Å²) in [6, 6.07) is 10.5. The molecule has 0 radical (unpaired) electrons. The van der Waals surface area contributed by atoms with Gasteiger partial charge in [0.05, 0.1) is 38.2 Å². The second-order valence-corrected chi connectivity index (χ2v) is 14.9. The second-order valence-electron chi connectivity index (χ2n) is 11.1. The number of ether oxygens (including phenoxy) is 1. The highest BCUT2D eigenvalue weighted by atomic mass is 35.5. The van der Waals surface area contributed by atoms with Crippen LogP contribution in [0.3, 0.4) is 0 Å². The number of benzene rings is 2. The average Bonchev–Trinajstić information content (AvgIpc) is 3.91. The van der Waals surface area contributed by atoms with Crippen LogP contribution in [0.4, 0.5) is 5.13 Å². The molecule has 0 spiro atoms. The van der Waals surface area contributed by atoms with Crippen LogP contribution in [0.15, 0.2) is 40.9 Å². The monoisotopic (exact) mass is 646 g/mol. The van der Waals surface area contributed by atoms with E-state index >= 15 is 0 Å². The summed E-state index contributed by atoms with van der Waals surface area (Å²) >= 11 is 14.5. The van der Waals surface area contributed by atoms with Crippen LogP contribution in [-0.2, 0) is 21.4 Å². The zero-order chi connectivity index (χ0) is 29.0. The van der Waals surface area contributed by atoms with E-state index < -0.39 is 21.2 Å². The van der Waals surface area contributed by atoms with Crippen LogP contribution in [0.5, 0.6) is 0 Å². The van der Waals surface area contributed by atoms with Gasteiger partial charge in [0, 0.05) is 35.7 Å². The second kappa shape index (κ2) is 11.1. The van der Waals surface area contributed by atoms with Gasteiger partial charge in [-0.3, -0.25) is 4.79 Å². The fourth-order valence-corrected chi connectivity index (χ4v) is 8.23. The van der Waals surface area contributed by atoms with Crippen molar-refractivity contribution >= 4 is 65.8 Å². The topological polar surface area (TPSA) is 115 Å². The molecule has 3 fully saturated rings. The van der Waals surface area contributed by atoms with E-state index in [-0.39, 0.29) is 6.10 Å². The molecule has 9 nitrogen and oxygen atoms in total. The molecule has 220 valence electrons. The van der Waals surface area contributed by atoms with Crippen molar-refractivity contribution in [3.8, 4) is 11.3 Å². The predicted octanol–water partition coefficient (Wildman–Crippen LogP) is 6.54. The summed E-state index contributed by atoms with van der Waals surface area (Å²) in [7, 11) is -3.60. The molecule has 4 aromatic rings. The van der Waals surface area contributed by atoms with E-state index in [0.717, 1.165) is 65.4 Å². The molecular formula is C29H28Cl2N4O5S2. The van der Waals surface area contributed by atoms with Gasteiger partial charge in [0.2, 0.25) is 10.0 Å². The minimum atomic E-state index is -3.60. The Kier molecular flexibility index (Phi) is 7.42. The number of piperidine rings is 1. The number of fused-ring (bicyclic) bond motifs is 1. The smallest absolute Gasteiger partial charge is 0.264 e. The minimum Gasteiger partial charge on any atom is -0.373 e. The lowest BCUT2D eigenvalue weighted by Crippen LogP contribution is -2.36. The van der Waals surface area contributed by atoms with Gasteiger partial charge in [0.25, 0.3) is 5.91 Å². The maximum Gasteiger partial charge on any atom is 0.264 e. The Morgan fingerprint density at radius 2 is 1.81 bits per heavy atom. The number of carbonyl (C=O) groups is 1. The molecule has 3 aliphatic rings. The van der Waals surface area contributed by atoms with Crippen molar-refractivity contribution < 1.29 is 22.5 Å². The molecule has 2 aliphatic carbocycles. The first-order valence-electron chi connectivity index (χ1n) is 14.0. The van der Waals surface area contributed by atoms with Gasteiger partial charge < -0.3 is 14.2 Å². The van der Waals surface area contributed by atoms with Crippen molar-refractivity contribution in [2.24, 2.45) is 0 Å². The van der Waals surface area contributed by atoms with E-state index in [1.807, 2.05) is 6.07 Å². The number of nitrogens with one attached hydrogen (secondary N) is 1. The molecule has 1 aliphatic heterocycles. The molecule has 2 saturated carbocycles. The van der Waals surface area contributed by atoms with Crippen LogP contribution in [0, 0.1) is 0 Å². The lowest BCUT2D eigenvalue weighted by molar-refractivity contribution is 0.0246. The normalized spacial score (nSPS) is 18.1. The van der Waals surface area contributed by atoms with E-state index in [2.05, 4.69) is 14.8 Å². The summed E-state index contributed by atoms with van der Waals surface area (Å²) in [6.07, 6.45) is 5.07. The average molecular weight is 648 g/mol. The maximum absolute atomic E-state index is 12.6. The molecule has 1 saturated heterocycles. The van der Waals surface area contributed by atoms with Gasteiger partial charge in [-0.05, 0) is 68.9 Å². The first-order chi connectivity index (χ1) is 20.3. The molecule has 1 N–H and O–H groups in total. The van der Waals surface area contributed by atoms with Crippen LogP contribution in [0.1, 0.15) is 66.1 Å². The minimum absolute atomic E-state index is 0.0656. The molecule has 0 atom stereocenters. The van der Waals surface area contributed by atoms with E-state index in [9.17, 15) is 13.2 Å². The number of aromatic nitrogens is 2. The van der Waals surface area contributed by atoms with Crippen LogP contribution in [0.2, 0.25) is 10.0 Å². The fourth-order valence-electron chi connectivity index (χ4n) is 5.30. The number of carbonyl (C=O) groups excluding carboxylic acids is 1. The third kappa shape index (κ3) is 5.65. The van der Waals surface area contributed by atoms with Gasteiger partial charge in [0.1, 0.15) is 11.5 Å². The Hall–Kier alpha value is -2.70. The third-order valence-electron chi connectivity index (χ3n) is 7.98. The zero-order valence-electron chi connectivity index (χ0n) is 22.5. The van der Waals surface area contributed by atoms with Crippen molar-refractivity contribution in [2.75, 3.05) is 18.0 Å². The number of anilines is 1. The van der Waals surface area contributed by atoms with Crippen LogP contribution < -0.4 is 9.62 Å². The number of thiazole rings is 1. The number of hydrogen-bond acceptors (Lipinski definition) is 9. The molecule has 13 heteroatoms. The first-order valence-corrected chi connectivity index (χ1v) is 17.1. The molecule has 0 unspecified atom stereocenters. The number of amides is 1. The van der Waals surface area contributed by atoms with Gasteiger partial charge in [-0.25, -0.2) is 18.1 Å². The zero-order valence-corrected chi connectivity index (χ0v) is 25.7. The first kappa shape index (κ1) is 28.1. The molecule has 0 bridgehead atoms. The molecule has 7 rings (SSSR count). The number of sulfonamides is 1. The predicted molar refractivity (Wildman–Crippen MR) is 163 cm³/mol. The van der Waals surface area contributed by atoms with E-state index in [1.165, 1.54) is 11.3 Å². The molecule has 3 heterocycles. The highest BCUT2D eigenvalue weighted by molar-refractivity contribution is 7.91. The largest absolute Gasteiger partial charge is 0.373 e. The van der Waals surface area contributed by atoms with Gasteiger partial charge in [-0.15, -0.1) is 0 Å². The molecular weight excluding hydrogens is 619 g/mol. The summed E-state index contributed by atoms with van der Waals surface area (Å²) < 4.78 is 39.6. The molecule has 1 amide bonds. The van der Waals surface area contributed by atoms with Gasteiger partial charge >= 0.3 is 0 Å². The number of halogens is 2. The Labute approximate surface area is 257 Å². The van der Waals surface area contributed by atoms with Gasteiger partial charge in [-0.2, -0.15) is 0 Å². The Morgan fingerprint density at radius 1 is 1.07 bits per heavy atom. The number of nitrogens with zero attached hydrogens (tertiary/aromatic N) is 3. The highest BCUT2D eigenvalue weighted by Crippen LogP contribution is 2.46. The Morgan fingerprint density at radius 3 is 2.50 bits per heavy atom. The Bertz CT molecular complexity index is 1750. The molecule has 42 heavy (non-hydrogen) atoms. The SMILES string of the molecule is O=C(NS(=O)(=O)C1CC1)c1ccc2nc(N3CCC(OCc4c(-c5c(Cl)cccc5Cl)noc4C4CC4)CC3)sc2c1. The standard InChI is InChI=1S/C29H28Cl2N4O5S2/c30-21-2-1-3-22(31)25(21)26-20(27(40-33-26)16-4-5-16)15-39-18-10-12-35(13-11-18)29-32-23-9-6-17(14-24(23)41-29)28(36)34-42(37,38)19-7-8-19/h1-3,6,9,14,16,18-19H,4-5,7-8,10-13,15H2,(H,34,36). The summed E-state index contributed by atoms with van der Waals surface area (Å²) in [4.78, 5) is 19.6. The third-order valence-corrected chi connectivity index (χ3v) is 11.5.